The molecule has 4 nitrogen and oxygen atoms in total. The minimum Gasteiger partial charge on any atom is -0.497 e. The van der Waals surface area contributed by atoms with Crippen molar-refractivity contribution in [2.75, 3.05) is 20.3 Å². The van der Waals surface area contributed by atoms with E-state index < -0.39 is 0 Å². The first-order valence-electron chi connectivity index (χ1n) is 10.3. The number of fused-ring (bicyclic) bond motifs is 1. The van der Waals surface area contributed by atoms with Crippen molar-refractivity contribution in [3.63, 3.8) is 0 Å². The van der Waals surface area contributed by atoms with Crippen LogP contribution in [0.3, 0.4) is 0 Å². The summed E-state index contributed by atoms with van der Waals surface area (Å²) in [6, 6.07) is 25.0. The van der Waals surface area contributed by atoms with Crippen LogP contribution in [0.5, 0.6) is 11.5 Å². The summed E-state index contributed by atoms with van der Waals surface area (Å²) in [5, 5.41) is 9.01. The molecule has 0 atom stereocenters. The van der Waals surface area contributed by atoms with Gasteiger partial charge in [0.2, 0.25) is 0 Å². The lowest BCUT2D eigenvalue weighted by atomic mass is 9.91. The van der Waals surface area contributed by atoms with E-state index in [9.17, 15) is 0 Å². The Balaban J connectivity index is 1.67. The van der Waals surface area contributed by atoms with Crippen molar-refractivity contribution in [3.05, 3.63) is 101 Å². The van der Waals surface area contributed by atoms with Crippen LogP contribution in [-0.2, 0) is 13.1 Å². The van der Waals surface area contributed by atoms with Gasteiger partial charge < -0.3 is 19.5 Å². The molecule has 30 heavy (non-hydrogen) atoms. The maximum Gasteiger partial charge on any atom is 0.119 e. The lowest BCUT2D eigenvalue weighted by Crippen LogP contribution is -2.22. The number of benzene rings is 3. The number of aliphatic hydroxyl groups is 1. The van der Waals surface area contributed by atoms with Gasteiger partial charge in [-0.1, -0.05) is 48.5 Å². The van der Waals surface area contributed by atoms with E-state index in [1.54, 1.807) is 7.11 Å². The number of nitrogens with zero attached hydrogens (tertiary/aromatic N) is 1. The number of hydrogen-bond acceptors (Lipinski definition) is 4. The second-order valence-electron chi connectivity index (χ2n) is 7.41. The summed E-state index contributed by atoms with van der Waals surface area (Å²) in [4.78, 5) is 2.34. The van der Waals surface area contributed by atoms with Crippen LogP contribution in [0.2, 0.25) is 0 Å². The Morgan fingerprint density at radius 2 is 1.70 bits per heavy atom. The summed E-state index contributed by atoms with van der Waals surface area (Å²) < 4.78 is 11.1. The summed E-state index contributed by atoms with van der Waals surface area (Å²) in [6.45, 7) is 2.32. The van der Waals surface area contributed by atoms with Crippen molar-refractivity contribution in [2.24, 2.45) is 0 Å². The minimum absolute atomic E-state index is 0.139. The standard InChI is InChI=1S/C26H27NO3/c1-29-23-10-8-21(9-11-23)26-19-27(17-20-6-3-2-4-7-20)18-22-16-24(12-13-25(22)26)30-15-5-14-28/h2-4,6-13,16,19,28H,5,14-15,17-18H2,1H3. The van der Waals surface area contributed by atoms with Crippen molar-refractivity contribution < 1.29 is 14.6 Å². The normalized spacial score (nSPS) is 12.9. The number of methoxy groups -OCH3 is 1. The van der Waals surface area contributed by atoms with Crippen molar-refractivity contribution in [2.45, 2.75) is 19.5 Å². The van der Waals surface area contributed by atoms with Gasteiger partial charge in [0.15, 0.2) is 0 Å². The molecule has 0 spiro atoms. The molecule has 0 fully saturated rings. The third-order valence-corrected chi connectivity index (χ3v) is 5.25. The molecular weight excluding hydrogens is 374 g/mol. The van der Waals surface area contributed by atoms with Gasteiger partial charge in [-0.05, 0) is 46.5 Å². The summed E-state index contributed by atoms with van der Waals surface area (Å²) >= 11 is 0. The van der Waals surface area contributed by atoms with E-state index >= 15 is 0 Å². The Kier molecular flexibility index (Phi) is 6.35. The molecule has 4 rings (SSSR count). The molecular formula is C26H27NO3. The highest BCUT2D eigenvalue weighted by atomic mass is 16.5. The third-order valence-electron chi connectivity index (χ3n) is 5.25. The van der Waals surface area contributed by atoms with Gasteiger partial charge in [-0.2, -0.15) is 0 Å². The molecule has 154 valence electrons. The van der Waals surface area contributed by atoms with Gasteiger partial charge in [0.1, 0.15) is 11.5 Å². The van der Waals surface area contributed by atoms with E-state index in [1.807, 2.05) is 24.3 Å². The lowest BCUT2D eigenvalue weighted by molar-refractivity contribution is 0.233. The molecule has 4 heteroatoms. The zero-order valence-electron chi connectivity index (χ0n) is 17.3. The topological polar surface area (TPSA) is 41.9 Å². The first-order chi connectivity index (χ1) is 14.8. The van der Waals surface area contributed by atoms with Crippen molar-refractivity contribution in [1.82, 2.24) is 4.90 Å². The molecule has 3 aromatic rings. The summed E-state index contributed by atoms with van der Waals surface area (Å²) in [7, 11) is 1.68. The van der Waals surface area contributed by atoms with Crippen molar-refractivity contribution in [3.8, 4) is 11.5 Å². The monoisotopic (exact) mass is 401 g/mol. The van der Waals surface area contributed by atoms with Crippen LogP contribution in [0.4, 0.5) is 0 Å². The predicted octanol–water partition coefficient (Wildman–Crippen LogP) is 4.86. The van der Waals surface area contributed by atoms with E-state index in [-0.39, 0.29) is 6.61 Å². The minimum atomic E-state index is 0.139. The van der Waals surface area contributed by atoms with Gasteiger partial charge in [0, 0.05) is 37.9 Å². The molecule has 0 aliphatic carbocycles. The van der Waals surface area contributed by atoms with Gasteiger partial charge in [-0.15, -0.1) is 0 Å². The van der Waals surface area contributed by atoms with Crippen LogP contribution in [0.15, 0.2) is 79.0 Å². The maximum absolute atomic E-state index is 9.01. The third kappa shape index (κ3) is 4.66. The molecule has 0 radical (unpaired) electrons. The molecule has 1 N–H and O–H groups in total. The SMILES string of the molecule is COc1ccc(C2=CN(Cc3ccccc3)Cc3cc(OCCCO)ccc32)cc1. The first-order valence-corrected chi connectivity index (χ1v) is 10.3. The summed E-state index contributed by atoms with van der Waals surface area (Å²) in [5.41, 5.74) is 6.09. The molecule has 1 heterocycles. The Labute approximate surface area is 178 Å². The highest BCUT2D eigenvalue weighted by Gasteiger charge is 2.20. The second kappa shape index (κ2) is 9.51. The average Bonchev–Trinajstić information content (AvgIpc) is 2.79. The van der Waals surface area contributed by atoms with E-state index in [0.717, 1.165) is 30.2 Å². The maximum atomic E-state index is 9.01. The van der Waals surface area contributed by atoms with Crippen molar-refractivity contribution >= 4 is 5.57 Å². The smallest absolute Gasteiger partial charge is 0.119 e. The molecule has 1 aliphatic heterocycles. The largest absolute Gasteiger partial charge is 0.497 e. The molecule has 0 bridgehead atoms. The molecule has 3 aromatic carbocycles. The van der Waals surface area contributed by atoms with E-state index in [0.29, 0.717) is 13.0 Å². The Bertz CT molecular complexity index is 997. The van der Waals surface area contributed by atoms with E-state index in [2.05, 4.69) is 59.6 Å². The number of ether oxygens (including phenoxy) is 2. The summed E-state index contributed by atoms with van der Waals surface area (Å²) in [6.07, 6.45) is 2.89. The van der Waals surface area contributed by atoms with Gasteiger partial charge in [-0.3, -0.25) is 0 Å². The Morgan fingerprint density at radius 3 is 2.43 bits per heavy atom. The van der Waals surface area contributed by atoms with Crippen LogP contribution in [0.25, 0.3) is 5.57 Å². The zero-order valence-corrected chi connectivity index (χ0v) is 17.3. The lowest BCUT2D eigenvalue weighted by Gasteiger charge is -2.30. The Morgan fingerprint density at radius 1 is 0.933 bits per heavy atom. The van der Waals surface area contributed by atoms with Gasteiger partial charge in [0.05, 0.1) is 13.7 Å². The highest BCUT2D eigenvalue weighted by molar-refractivity contribution is 5.82. The van der Waals surface area contributed by atoms with Gasteiger partial charge >= 0.3 is 0 Å². The predicted molar refractivity (Wildman–Crippen MR) is 119 cm³/mol. The van der Waals surface area contributed by atoms with Crippen LogP contribution in [0.1, 0.15) is 28.7 Å². The molecule has 1 aliphatic rings. The molecule has 0 aromatic heterocycles. The average molecular weight is 402 g/mol. The van der Waals surface area contributed by atoms with E-state index in [4.69, 9.17) is 14.6 Å². The first kappa shape index (κ1) is 20.0. The highest BCUT2D eigenvalue weighted by Crippen LogP contribution is 2.35. The number of hydrogen-bond donors (Lipinski definition) is 1. The number of rotatable bonds is 8. The van der Waals surface area contributed by atoms with Crippen LogP contribution in [-0.4, -0.2) is 30.3 Å². The molecule has 0 saturated heterocycles. The van der Waals surface area contributed by atoms with Crippen LogP contribution in [0, 0.1) is 0 Å². The van der Waals surface area contributed by atoms with E-state index in [1.165, 1.54) is 22.3 Å². The van der Waals surface area contributed by atoms with Gasteiger partial charge in [-0.25, -0.2) is 0 Å². The molecule has 0 saturated carbocycles. The zero-order chi connectivity index (χ0) is 20.8. The fourth-order valence-corrected chi connectivity index (χ4v) is 3.74. The fourth-order valence-electron chi connectivity index (χ4n) is 3.74. The quantitative estimate of drug-likeness (QED) is 0.547. The molecule has 0 unspecified atom stereocenters. The fraction of sp³-hybridized carbons (Fsp3) is 0.231. The van der Waals surface area contributed by atoms with Gasteiger partial charge in [0.25, 0.3) is 0 Å². The van der Waals surface area contributed by atoms with Crippen molar-refractivity contribution in [1.29, 1.82) is 0 Å². The molecule has 0 amide bonds. The Hall–Kier alpha value is -3.24. The number of aliphatic hydroxyl groups excluding tert-OH is 1. The second-order valence-corrected chi connectivity index (χ2v) is 7.41. The van der Waals surface area contributed by atoms with Crippen LogP contribution < -0.4 is 9.47 Å². The summed E-state index contributed by atoms with van der Waals surface area (Å²) in [5.74, 6) is 1.70. The van der Waals surface area contributed by atoms with Crippen LogP contribution >= 0.6 is 0 Å².